The van der Waals surface area contributed by atoms with Crippen LogP contribution in [0.5, 0.6) is 0 Å². The van der Waals surface area contributed by atoms with Crippen molar-refractivity contribution in [2.75, 3.05) is 5.32 Å². The first-order chi connectivity index (χ1) is 6.00. The lowest BCUT2D eigenvalue weighted by atomic mass is 10.4. The highest BCUT2D eigenvalue weighted by Gasteiger charge is 2.03. The predicted octanol–water partition coefficient (Wildman–Crippen LogP) is 0.0471. The van der Waals surface area contributed by atoms with Crippen LogP contribution in [0, 0.1) is 6.92 Å². The Morgan fingerprint density at radius 1 is 1.62 bits per heavy atom. The lowest BCUT2D eigenvalue weighted by Gasteiger charge is -2.06. The van der Waals surface area contributed by atoms with E-state index in [0.717, 1.165) is 0 Å². The third kappa shape index (κ3) is 2.14. The summed E-state index contributed by atoms with van der Waals surface area (Å²) < 4.78 is 1.29. The maximum atomic E-state index is 11.2. The van der Waals surface area contributed by atoms with Gasteiger partial charge >= 0.3 is 0 Å². The van der Waals surface area contributed by atoms with E-state index < -0.39 is 0 Å². The van der Waals surface area contributed by atoms with Gasteiger partial charge in [0.1, 0.15) is 0 Å². The van der Waals surface area contributed by atoms with Gasteiger partial charge in [0.15, 0.2) is 0 Å². The molecule has 0 aliphatic heterocycles. The summed E-state index contributed by atoms with van der Waals surface area (Å²) in [4.78, 5) is 25.9. The number of anilines is 1. The quantitative estimate of drug-likeness (QED) is 0.665. The Morgan fingerprint density at radius 3 is 2.77 bits per heavy atom. The molecule has 0 saturated carbocycles. The minimum atomic E-state index is -0.242. The van der Waals surface area contributed by atoms with E-state index in [2.05, 4.69) is 10.3 Å². The second kappa shape index (κ2) is 3.38. The lowest BCUT2D eigenvalue weighted by molar-refractivity contribution is -0.114. The molecule has 1 heterocycles. The van der Waals surface area contributed by atoms with Crippen LogP contribution in [0.1, 0.15) is 12.6 Å². The number of aryl methyl sites for hydroxylation is 1. The van der Waals surface area contributed by atoms with Crippen LogP contribution >= 0.6 is 0 Å². The Kier molecular flexibility index (Phi) is 2.46. The third-order valence-electron chi connectivity index (χ3n) is 1.55. The summed E-state index contributed by atoms with van der Waals surface area (Å²) in [6, 6.07) is 1.41. The number of nitrogens with zero attached hydrogens (tertiary/aromatic N) is 2. The molecule has 5 nitrogen and oxygen atoms in total. The third-order valence-corrected chi connectivity index (χ3v) is 1.55. The molecule has 0 atom stereocenters. The van der Waals surface area contributed by atoms with Crippen LogP contribution in [0.15, 0.2) is 10.9 Å². The van der Waals surface area contributed by atoms with Gasteiger partial charge in [-0.25, -0.2) is 4.98 Å². The van der Waals surface area contributed by atoms with Crippen LogP contribution in [0.3, 0.4) is 0 Å². The molecule has 0 bridgehead atoms. The van der Waals surface area contributed by atoms with Gasteiger partial charge in [-0.1, -0.05) is 0 Å². The maximum absolute atomic E-state index is 11.2. The molecule has 0 spiro atoms. The molecule has 1 rings (SSSR count). The van der Waals surface area contributed by atoms with Crippen LogP contribution in [-0.2, 0) is 11.8 Å². The SMILES string of the molecule is CC(=O)Nc1nc(C)cc(=O)n1C. The Labute approximate surface area is 75.4 Å². The zero-order valence-electron chi connectivity index (χ0n) is 7.79. The maximum Gasteiger partial charge on any atom is 0.254 e. The van der Waals surface area contributed by atoms with E-state index >= 15 is 0 Å². The van der Waals surface area contributed by atoms with Crippen LogP contribution in [0.25, 0.3) is 0 Å². The first-order valence-electron chi connectivity index (χ1n) is 3.83. The Hall–Kier alpha value is -1.65. The lowest BCUT2D eigenvalue weighted by Crippen LogP contribution is -2.23. The molecule has 1 N–H and O–H groups in total. The summed E-state index contributed by atoms with van der Waals surface area (Å²) in [5.41, 5.74) is 0.406. The van der Waals surface area contributed by atoms with E-state index in [0.29, 0.717) is 5.69 Å². The highest BCUT2D eigenvalue weighted by atomic mass is 16.2. The average molecular weight is 181 g/mol. The van der Waals surface area contributed by atoms with Gasteiger partial charge in [0.25, 0.3) is 5.56 Å². The van der Waals surface area contributed by atoms with Crippen molar-refractivity contribution < 1.29 is 4.79 Å². The van der Waals surface area contributed by atoms with Gasteiger partial charge < -0.3 is 0 Å². The molecule has 1 aromatic heterocycles. The van der Waals surface area contributed by atoms with Gasteiger partial charge in [0.05, 0.1) is 0 Å². The molecule has 1 amide bonds. The summed E-state index contributed by atoms with van der Waals surface area (Å²) in [6.45, 7) is 3.07. The van der Waals surface area contributed by atoms with Crippen molar-refractivity contribution in [1.82, 2.24) is 9.55 Å². The second-order valence-electron chi connectivity index (χ2n) is 2.80. The fourth-order valence-electron chi connectivity index (χ4n) is 0.923. The molecule has 0 aliphatic rings. The largest absolute Gasteiger partial charge is 0.296 e. The van der Waals surface area contributed by atoms with Crippen molar-refractivity contribution in [1.29, 1.82) is 0 Å². The van der Waals surface area contributed by atoms with E-state index in [1.807, 2.05) is 0 Å². The number of carbonyl (C=O) groups excluding carboxylic acids is 1. The average Bonchev–Trinajstić information content (AvgIpc) is 1.98. The molecule has 0 aromatic carbocycles. The standard InChI is InChI=1S/C8H11N3O2/c1-5-4-7(13)11(3)8(9-5)10-6(2)12/h4H,1-3H3,(H,9,10,12). The van der Waals surface area contributed by atoms with Gasteiger partial charge in [-0.2, -0.15) is 0 Å². The van der Waals surface area contributed by atoms with Crippen molar-refractivity contribution in [2.45, 2.75) is 13.8 Å². The molecule has 13 heavy (non-hydrogen) atoms. The second-order valence-corrected chi connectivity index (χ2v) is 2.80. The van der Waals surface area contributed by atoms with Crippen molar-refractivity contribution in [3.63, 3.8) is 0 Å². The van der Waals surface area contributed by atoms with E-state index in [9.17, 15) is 9.59 Å². The summed E-state index contributed by atoms with van der Waals surface area (Å²) >= 11 is 0. The number of hydrogen-bond donors (Lipinski definition) is 1. The number of aromatic nitrogens is 2. The summed E-state index contributed by atoms with van der Waals surface area (Å²) in [5, 5.41) is 2.47. The number of nitrogens with one attached hydrogen (secondary N) is 1. The van der Waals surface area contributed by atoms with Crippen molar-refractivity contribution in [3.05, 3.63) is 22.1 Å². The molecular weight excluding hydrogens is 170 g/mol. The van der Waals surface area contributed by atoms with Gasteiger partial charge in [-0.3, -0.25) is 19.5 Å². The molecule has 0 fully saturated rings. The minimum Gasteiger partial charge on any atom is -0.296 e. The number of carbonyl (C=O) groups is 1. The Bertz CT molecular complexity index is 395. The van der Waals surface area contributed by atoms with E-state index in [4.69, 9.17) is 0 Å². The van der Waals surface area contributed by atoms with Crippen molar-refractivity contribution in [2.24, 2.45) is 7.05 Å². The van der Waals surface area contributed by atoms with Crippen molar-refractivity contribution in [3.8, 4) is 0 Å². The first kappa shape index (κ1) is 9.44. The topological polar surface area (TPSA) is 64.0 Å². The van der Waals surface area contributed by atoms with Crippen LogP contribution in [-0.4, -0.2) is 15.5 Å². The molecule has 0 unspecified atom stereocenters. The molecule has 0 radical (unpaired) electrons. The van der Waals surface area contributed by atoms with Gasteiger partial charge in [-0.15, -0.1) is 0 Å². The molecule has 1 aromatic rings. The number of rotatable bonds is 1. The van der Waals surface area contributed by atoms with Crippen LogP contribution < -0.4 is 10.9 Å². The monoisotopic (exact) mass is 181 g/mol. The molecule has 5 heteroatoms. The zero-order chi connectivity index (χ0) is 10.0. The van der Waals surface area contributed by atoms with Gasteiger partial charge in [-0.05, 0) is 6.92 Å². The van der Waals surface area contributed by atoms with Gasteiger partial charge in [0.2, 0.25) is 11.9 Å². The number of amides is 1. The van der Waals surface area contributed by atoms with E-state index in [1.165, 1.54) is 17.6 Å². The fourth-order valence-corrected chi connectivity index (χ4v) is 0.923. The summed E-state index contributed by atoms with van der Waals surface area (Å²) in [5.74, 6) is 0.0330. The Balaban J connectivity index is 3.20. The normalized spacial score (nSPS) is 9.77. The molecule has 70 valence electrons. The highest BCUT2D eigenvalue weighted by molar-refractivity contribution is 5.86. The molecule has 0 aliphatic carbocycles. The minimum absolute atomic E-state index is 0.184. The zero-order valence-corrected chi connectivity index (χ0v) is 7.79. The number of hydrogen-bond acceptors (Lipinski definition) is 3. The van der Waals surface area contributed by atoms with Crippen LogP contribution in [0.4, 0.5) is 5.95 Å². The van der Waals surface area contributed by atoms with Crippen molar-refractivity contribution >= 4 is 11.9 Å². The van der Waals surface area contributed by atoms with E-state index in [-0.39, 0.29) is 17.4 Å². The summed E-state index contributed by atoms with van der Waals surface area (Å²) in [6.07, 6.45) is 0. The predicted molar refractivity (Wildman–Crippen MR) is 48.5 cm³/mol. The Morgan fingerprint density at radius 2 is 2.23 bits per heavy atom. The first-order valence-corrected chi connectivity index (χ1v) is 3.83. The van der Waals surface area contributed by atoms with Gasteiger partial charge in [0, 0.05) is 25.7 Å². The van der Waals surface area contributed by atoms with Crippen LogP contribution in [0.2, 0.25) is 0 Å². The summed E-state index contributed by atoms with van der Waals surface area (Å²) in [7, 11) is 1.56. The highest BCUT2D eigenvalue weighted by Crippen LogP contribution is 1.98. The fraction of sp³-hybridized carbons (Fsp3) is 0.375. The molecular formula is C8H11N3O2. The smallest absolute Gasteiger partial charge is 0.254 e. The van der Waals surface area contributed by atoms with E-state index in [1.54, 1.807) is 14.0 Å². The molecule has 0 saturated heterocycles.